The average molecular weight is 540 g/mol. The number of fused-ring (bicyclic) bond motifs is 4. The van der Waals surface area contributed by atoms with Gasteiger partial charge in [-0.15, -0.1) is 0 Å². The van der Waals surface area contributed by atoms with E-state index in [-0.39, 0.29) is 0 Å². The molecule has 7 aromatic carbocycles. The third-order valence-electron chi connectivity index (χ3n) is 8.01. The highest BCUT2D eigenvalue weighted by atomic mass is 32.2. The van der Waals surface area contributed by atoms with Crippen LogP contribution in [0.2, 0.25) is 0 Å². The molecule has 0 saturated heterocycles. The Labute approximate surface area is 243 Å². The number of hydrogen-bond acceptors (Lipinski definition) is 2. The highest BCUT2D eigenvalue weighted by Gasteiger charge is 2.19. The first kappa shape index (κ1) is 23.9. The van der Waals surface area contributed by atoms with E-state index in [9.17, 15) is 0 Å². The van der Waals surface area contributed by atoms with Gasteiger partial charge < -0.3 is 0 Å². The lowest BCUT2D eigenvalue weighted by Gasteiger charge is -2.19. The lowest BCUT2D eigenvalue weighted by Crippen LogP contribution is -1.92. The molecule has 1 aromatic heterocycles. The van der Waals surface area contributed by atoms with E-state index < -0.39 is 0 Å². The summed E-state index contributed by atoms with van der Waals surface area (Å²) in [7, 11) is 0. The van der Waals surface area contributed by atoms with Gasteiger partial charge in [0.15, 0.2) is 0 Å². The van der Waals surface area contributed by atoms with Crippen LogP contribution < -0.4 is 0 Å². The van der Waals surface area contributed by atoms with Crippen LogP contribution >= 0.6 is 11.8 Å². The zero-order valence-electron chi connectivity index (χ0n) is 22.3. The van der Waals surface area contributed by atoms with Crippen molar-refractivity contribution in [2.24, 2.45) is 0 Å². The molecule has 1 nitrogen and oxygen atoms in total. The van der Waals surface area contributed by atoms with Gasteiger partial charge in [0.2, 0.25) is 0 Å². The Morgan fingerprint density at radius 1 is 0.390 bits per heavy atom. The zero-order valence-corrected chi connectivity index (χ0v) is 23.1. The molecule has 0 N–H and O–H groups in total. The molecule has 0 bridgehead atoms. The fourth-order valence-electron chi connectivity index (χ4n) is 6.17. The van der Waals surface area contributed by atoms with Crippen LogP contribution in [0.3, 0.4) is 0 Å². The molecule has 0 saturated carbocycles. The summed E-state index contributed by atoms with van der Waals surface area (Å²) >= 11 is 1.86. The highest BCUT2D eigenvalue weighted by Crippen LogP contribution is 2.48. The second-order valence-electron chi connectivity index (χ2n) is 10.3. The van der Waals surface area contributed by atoms with E-state index in [1.807, 2.05) is 24.2 Å². The third kappa shape index (κ3) is 3.99. The van der Waals surface area contributed by atoms with Crippen molar-refractivity contribution >= 4 is 54.9 Å². The Balaban J connectivity index is 1.40. The van der Waals surface area contributed by atoms with Gasteiger partial charge in [-0.1, -0.05) is 139 Å². The number of aromatic nitrogens is 1. The Morgan fingerprint density at radius 3 is 1.71 bits per heavy atom. The second kappa shape index (κ2) is 9.92. The molecular formula is C39H25NS. The standard InChI is InChI=1S/C39H25NS/c1-3-15-28-26(11-1)13-9-20-30(28)31-17-7-8-22-37(31)41-39-34-19-6-5-18-33(34)38(36-25-40-24-23-35(36)39)32-21-10-14-27-12-2-4-16-29(27)32/h1-25H. The minimum absolute atomic E-state index is 1.17. The molecule has 0 spiro atoms. The van der Waals surface area contributed by atoms with Crippen molar-refractivity contribution in [3.63, 3.8) is 0 Å². The van der Waals surface area contributed by atoms with Gasteiger partial charge in [0, 0.05) is 27.6 Å². The maximum atomic E-state index is 4.62. The minimum atomic E-state index is 1.17. The van der Waals surface area contributed by atoms with E-state index in [0.717, 1.165) is 0 Å². The molecule has 192 valence electrons. The molecule has 0 amide bonds. The summed E-state index contributed by atoms with van der Waals surface area (Å²) in [4.78, 5) is 7.12. The Kier molecular flexibility index (Phi) is 5.79. The van der Waals surface area contributed by atoms with Gasteiger partial charge in [-0.05, 0) is 72.1 Å². The fourth-order valence-corrected chi connectivity index (χ4v) is 7.40. The van der Waals surface area contributed by atoms with Crippen LogP contribution in [0.4, 0.5) is 0 Å². The van der Waals surface area contributed by atoms with E-state index in [2.05, 4.69) is 145 Å². The Morgan fingerprint density at radius 2 is 0.927 bits per heavy atom. The number of benzene rings is 7. The van der Waals surface area contributed by atoms with Crippen LogP contribution in [-0.2, 0) is 0 Å². The monoisotopic (exact) mass is 539 g/mol. The SMILES string of the molecule is c1ccc(-c2cccc3ccccc23)c(Sc2c3ccccc3c(-c3cccc4ccccc34)c3cnccc23)c1. The van der Waals surface area contributed by atoms with Crippen molar-refractivity contribution in [3.8, 4) is 22.3 Å². The van der Waals surface area contributed by atoms with Gasteiger partial charge in [0.05, 0.1) is 0 Å². The fraction of sp³-hybridized carbons (Fsp3) is 0. The number of hydrogen-bond donors (Lipinski definition) is 0. The normalized spacial score (nSPS) is 11.5. The summed E-state index contributed by atoms with van der Waals surface area (Å²) in [5, 5.41) is 9.92. The molecule has 2 heteroatoms. The molecular weight excluding hydrogens is 515 g/mol. The first-order chi connectivity index (χ1) is 20.4. The van der Waals surface area contributed by atoms with Crippen molar-refractivity contribution in [2.45, 2.75) is 9.79 Å². The molecule has 0 fully saturated rings. The average Bonchev–Trinajstić information content (AvgIpc) is 3.04. The number of rotatable bonds is 4. The highest BCUT2D eigenvalue weighted by molar-refractivity contribution is 8.00. The lowest BCUT2D eigenvalue weighted by atomic mass is 9.90. The van der Waals surface area contributed by atoms with Gasteiger partial charge in [-0.3, -0.25) is 4.98 Å². The van der Waals surface area contributed by atoms with E-state index in [4.69, 9.17) is 0 Å². The second-order valence-corrected chi connectivity index (χ2v) is 11.4. The molecule has 8 aromatic rings. The third-order valence-corrected chi connectivity index (χ3v) is 9.23. The molecule has 1 heterocycles. The van der Waals surface area contributed by atoms with E-state index >= 15 is 0 Å². The molecule has 0 radical (unpaired) electrons. The molecule has 0 aliphatic carbocycles. The summed E-state index contributed by atoms with van der Waals surface area (Å²) in [5.41, 5.74) is 4.99. The molecule has 0 atom stereocenters. The van der Waals surface area contributed by atoms with Gasteiger partial charge >= 0.3 is 0 Å². The quantitative estimate of drug-likeness (QED) is 0.206. The van der Waals surface area contributed by atoms with Crippen LogP contribution in [-0.4, -0.2) is 4.98 Å². The predicted octanol–water partition coefficient (Wildman–Crippen LogP) is 11.2. The summed E-state index contributed by atoms with van der Waals surface area (Å²) in [6.45, 7) is 0. The number of nitrogens with zero attached hydrogens (tertiary/aromatic N) is 1. The molecule has 0 aliphatic heterocycles. The zero-order chi connectivity index (χ0) is 27.2. The first-order valence-corrected chi connectivity index (χ1v) is 14.7. The summed E-state index contributed by atoms with van der Waals surface area (Å²) < 4.78 is 0. The van der Waals surface area contributed by atoms with Crippen LogP contribution in [0.5, 0.6) is 0 Å². The molecule has 41 heavy (non-hydrogen) atoms. The van der Waals surface area contributed by atoms with Crippen LogP contribution in [0, 0.1) is 0 Å². The Hall–Kier alpha value is -4.92. The maximum Gasteiger partial charge on any atom is 0.0353 e. The molecule has 0 unspecified atom stereocenters. The summed E-state index contributed by atoms with van der Waals surface area (Å²) in [5.74, 6) is 0. The van der Waals surface area contributed by atoms with Crippen molar-refractivity contribution in [2.75, 3.05) is 0 Å². The smallest absolute Gasteiger partial charge is 0.0353 e. The van der Waals surface area contributed by atoms with Gasteiger partial charge in [0.1, 0.15) is 0 Å². The molecule has 0 aliphatic rings. The first-order valence-electron chi connectivity index (χ1n) is 13.9. The lowest BCUT2D eigenvalue weighted by molar-refractivity contribution is 1.36. The van der Waals surface area contributed by atoms with Crippen molar-refractivity contribution in [3.05, 3.63) is 152 Å². The maximum absolute atomic E-state index is 4.62. The largest absolute Gasteiger partial charge is 0.264 e. The minimum Gasteiger partial charge on any atom is -0.264 e. The van der Waals surface area contributed by atoms with Gasteiger partial charge in [0.25, 0.3) is 0 Å². The van der Waals surface area contributed by atoms with Gasteiger partial charge in [-0.2, -0.15) is 0 Å². The van der Waals surface area contributed by atoms with Crippen molar-refractivity contribution < 1.29 is 0 Å². The number of pyridine rings is 1. The Bertz CT molecular complexity index is 2180. The van der Waals surface area contributed by atoms with E-state index in [1.165, 1.54) is 75.1 Å². The van der Waals surface area contributed by atoms with Crippen molar-refractivity contribution in [1.82, 2.24) is 4.98 Å². The summed E-state index contributed by atoms with van der Waals surface area (Å²) in [6, 6.07) is 50.3. The molecule has 8 rings (SSSR count). The van der Waals surface area contributed by atoms with Crippen LogP contribution in [0.1, 0.15) is 0 Å². The summed E-state index contributed by atoms with van der Waals surface area (Å²) in [6.07, 6.45) is 3.96. The van der Waals surface area contributed by atoms with E-state index in [1.54, 1.807) is 0 Å². The van der Waals surface area contributed by atoms with Crippen LogP contribution in [0.25, 0.3) is 65.3 Å². The topological polar surface area (TPSA) is 12.9 Å². The predicted molar refractivity (Wildman–Crippen MR) is 176 cm³/mol. The van der Waals surface area contributed by atoms with Gasteiger partial charge in [-0.25, -0.2) is 0 Å². The van der Waals surface area contributed by atoms with Crippen molar-refractivity contribution in [1.29, 1.82) is 0 Å². The van der Waals surface area contributed by atoms with Crippen LogP contribution in [0.15, 0.2) is 162 Å². The van der Waals surface area contributed by atoms with E-state index in [0.29, 0.717) is 0 Å².